The molecule has 1 atom stereocenters. The number of carboxylic acids is 1. The van der Waals surface area contributed by atoms with E-state index in [1.54, 1.807) is 4.72 Å². The predicted octanol–water partition coefficient (Wildman–Crippen LogP) is -1.70. The summed E-state index contributed by atoms with van der Waals surface area (Å²) in [5.41, 5.74) is 4.47. The van der Waals surface area contributed by atoms with Gasteiger partial charge in [-0.2, -0.15) is 4.72 Å². The summed E-state index contributed by atoms with van der Waals surface area (Å²) in [6.45, 7) is -0.987. The Morgan fingerprint density at radius 1 is 1.60 bits per heavy atom. The molecule has 20 heavy (non-hydrogen) atoms. The minimum Gasteiger partial charge on any atom is -0.480 e. The first kappa shape index (κ1) is 15.7. The molecule has 1 aromatic rings. The number of sulfonamides is 1. The average Bonchev–Trinajstić information content (AvgIpc) is 2.35. The minimum absolute atomic E-state index is 0.481. The molecule has 11 nitrogen and oxygen atoms in total. The third-order valence-corrected chi connectivity index (χ3v) is 3.60. The van der Waals surface area contributed by atoms with Crippen molar-refractivity contribution in [2.45, 2.75) is 10.9 Å². The number of nitrogens with zero attached hydrogens (tertiary/aromatic N) is 2. The van der Waals surface area contributed by atoms with Crippen LogP contribution >= 0.6 is 0 Å². The molecule has 0 aliphatic rings. The summed E-state index contributed by atoms with van der Waals surface area (Å²) in [4.78, 5) is 23.0. The Morgan fingerprint density at radius 2 is 2.20 bits per heavy atom. The maximum atomic E-state index is 11.8. The maximum absolute atomic E-state index is 11.8. The molecule has 0 aliphatic heterocycles. The lowest BCUT2D eigenvalue weighted by molar-refractivity contribution is -0.384. The van der Waals surface area contributed by atoms with E-state index in [0.29, 0.717) is 6.07 Å². The molecule has 1 unspecified atom stereocenters. The lowest BCUT2D eigenvalue weighted by Gasteiger charge is -2.12. The number of carbonyl (C=O) groups is 1. The van der Waals surface area contributed by atoms with E-state index in [2.05, 4.69) is 4.98 Å². The first-order valence-corrected chi connectivity index (χ1v) is 6.43. The highest BCUT2D eigenvalue weighted by molar-refractivity contribution is 7.89. The third-order valence-electron chi connectivity index (χ3n) is 2.16. The second-order valence-electron chi connectivity index (χ2n) is 3.53. The summed E-state index contributed by atoms with van der Waals surface area (Å²) in [5, 5.41) is 28.0. The fourth-order valence-electron chi connectivity index (χ4n) is 1.16. The Morgan fingerprint density at radius 3 is 2.65 bits per heavy atom. The smallest absolute Gasteiger partial charge is 0.324 e. The van der Waals surface area contributed by atoms with Gasteiger partial charge in [0.05, 0.1) is 11.5 Å². The molecule has 0 radical (unpaired) electrons. The van der Waals surface area contributed by atoms with E-state index in [4.69, 9.17) is 15.9 Å². The molecule has 5 N–H and O–H groups in total. The highest BCUT2D eigenvalue weighted by Gasteiger charge is 2.27. The molecule has 12 heteroatoms. The van der Waals surface area contributed by atoms with Crippen LogP contribution < -0.4 is 10.5 Å². The van der Waals surface area contributed by atoms with Gasteiger partial charge < -0.3 is 15.9 Å². The van der Waals surface area contributed by atoms with E-state index >= 15 is 0 Å². The Labute approximate surface area is 112 Å². The number of nitro groups is 1. The number of hydrogen-bond donors (Lipinski definition) is 4. The fourth-order valence-corrected chi connectivity index (χ4v) is 2.30. The van der Waals surface area contributed by atoms with Gasteiger partial charge in [0.25, 0.3) is 0 Å². The highest BCUT2D eigenvalue weighted by atomic mass is 32.2. The Bertz CT molecular complexity index is 644. The molecule has 1 rings (SSSR count). The van der Waals surface area contributed by atoms with Crippen LogP contribution in [0.1, 0.15) is 0 Å². The topological polar surface area (TPSA) is 186 Å². The zero-order chi connectivity index (χ0) is 15.5. The molecular weight excluding hydrogens is 296 g/mol. The van der Waals surface area contributed by atoms with Gasteiger partial charge in [0.1, 0.15) is 10.9 Å². The van der Waals surface area contributed by atoms with Crippen molar-refractivity contribution >= 4 is 27.5 Å². The van der Waals surface area contributed by atoms with E-state index in [1.165, 1.54) is 0 Å². The molecule has 0 saturated heterocycles. The number of aliphatic hydroxyl groups excluding tert-OH is 1. The first-order valence-electron chi connectivity index (χ1n) is 4.95. The van der Waals surface area contributed by atoms with E-state index in [-0.39, 0.29) is 0 Å². The van der Waals surface area contributed by atoms with Crippen molar-refractivity contribution in [3.63, 3.8) is 0 Å². The molecule has 110 valence electrons. The van der Waals surface area contributed by atoms with Crippen molar-refractivity contribution in [1.29, 1.82) is 0 Å². The quantitative estimate of drug-likeness (QED) is 0.351. The second-order valence-corrected chi connectivity index (χ2v) is 5.24. The van der Waals surface area contributed by atoms with Crippen LogP contribution in [0, 0.1) is 10.1 Å². The van der Waals surface area contributed by atoms with Crippen LogP contribution in [0.5, 0.6) is 0 Å². The third kappa shape index (κ3) is 3.37. The van der Waals surface area contributed by atoms with Crippen molar-refractivity contribution in [3.8, 4) is 0 Å². The van der Waals surface area contributed by atoms with E-state index < -0.39 is 50.0 Å². The van der Waals surface area contributed by atoms with Crippen LogP contribution in [0.3, 0.4) is 0 Å². The summed E-state index contributed by atoms with van der Waals surface area (Å²) in [6.07, 6.45) is 0.737. The molecule has 0 bridgehead atoms. The van der Waals surface area contributed by atoms with Gasteiger partial charge in [-0.3, -0.25) is 14.9 Å². The first-order chi connectivity index (χ1) is 9.19. The van der Waals surface area contributed by atoms with Gasteiger partial charge in [-0.25, -0.2) is 13.4 Å². The van der Waals surface area contributed by atoms with Crippen molar-refractivity contribution in [2.24, 2.45) is 0 Å². The Balaban J connectivity index is 3.19. The molecule has 1 aromatic heterocycles. The van der Waals surface area contributed by atoms with Gasteiger partial charge in [-0.1, -0.05) is 0 Å². The number of carboxylic acid groups (broad SMARTS) is 1. The number of nitrogens with two attached hydrogens (primary N) is 1. The van der Waals surface area contributed by atoms with Gasteiger partial charge >= 0.3 is 11.7 Å². The normalized spacial score (nSPS) is 12.8. The van der Waals surface area contributed by atoms with E-state index in [1.807, 2.05) is 0 Å². The SMILES string of the molecule is Nc1ncc(S(=O)(=O)NC(CO)C(=O)O)cc1[N+](=O)[O-]. The molecule has 1 heterocycles. The summed E-state index contributed by atoms with van der Waals surface area (Å²) in [5.74, 6) is -2.08. The molecule has 0 aliphatic carbocycles. The molecule has 0 aromatic carbocycles. The van der Waals surface area contributed by atoms with Gasteiger partial charge in [0.2, 0.25) is 15.8 Å². The van der Waals surface area contributed by atoms with E-state index in [0.717, 1.165) is 6.20 Å². The molecule has 0 saturated carbocycles. The number of aliphatic carboxylic acids is 1. The highest BCUT2D eigenvalue weighted by Crippen LogP contribution is 2.22. The maximum Gasteiger partial charge on any atom is 0.324 e. The molecule has 0 fully saturated rings. The van der Waals surface area contributed by atoms with Gasteiger partial charge in [-0.05, 0) is 0 Å². The molecular formula is C8H10N4O7S. The van der Waals surface area contributed by atoms with Gasteiger partial charge in [0, 0.05) is 12.3 Å². The fraction of sp³-hybridized carbons (Fsp3) is 0.250. The van der Waals surface area contributed by atoms with E-state index in [9.17, 15) is 23.3 Å². The monoisotopic (exact) mass is 306 g/mol. The van der Waals surface area contributed by atoms with Crippen molar-refractivity contribution < 1.29 is 28.3 Å². The number of rotatable bonds is 6. The zero-order valence-corrected chi connectivity index (χ0v) is 10.6. The van der Waals surface area contributed by atoms with Crippen molar-refractivity contribution in [1.82, 2.24) is 9.71 Å². The van der Waals surface area contributed by atoms with Crippen LogP contribution in [0.25, 0.3) is 0 Å². The standard InChI is InChI=1S/C8H10N4O7S/c9-7-6(12(16)17)1-4(2-10-7)20(18,19)11-5(3-13)8(14)15/h1-2,5,11,13H,3H2,(H2,9,10)(H,14,15). The number of aliphatic hydroxyl groups is 1. The second kappa shape index (κ2) is 5.77. The van der Waals surface area contributed by atoms with Crippen LogP contribution in [0.4, 0.5) is 11.5 Å². The van der Waals surface area contributed by atoms with Crippen LogP contribution in [-0.2, 0) is 14.8 Å². The number of aromatic nitrogens is 1. The summed E-state index contributed by atoms with van der Waals surface area (Å²) < 4.78 is 25.3. The van der Waals surface area contributed by atoms with Crippen LogP contribution in [0.2, 0.25) is 0 Å². The lowest BCUT2D eigenvalue weighted by atomic mass is 10.3. The number of nitrogen functional groups attached to an aromatic ring is 1. The zero-order valence-electron chi connectivity index (χ0n) is 9.75. The summed E-state index contributed by atoms with van der Waals surface area (Å²) in [7, 11) is -4.40. The summed E-state index contributed by atoms with van der Waals surface area (Å²) in [6, 6.07) is -1.14. The number of hydrogen-bond acceptors (Lipinski definition) is 8. The lowest BCUT2D eigenvalue weighted by Crippen LogP contribution is -2.43. The van der Waals surface area contributed by atoms with Gasteiger partial charge in [-0.15, -0.1) is 0 Å². The van der Waals surface area contributed by atoms with Gasteiger partial charge in [0.15, 0.2) is 0 Å². The average molecular weight is 306 g/mol. The minimum atomic E-state index is -4.40. The summed E-state index contributed by atoms with van der Waals surface area (Å²) >= 11 is 0. The number of nitrogens with one attached hydrogen (secondary N) is 1. The van der Waals surface area contributed by atoms with Crippen molar-refractivity contribution in [2.75, 3.05) is 12.3 Å². The van der Waals surface area contributed by atoms with Crippen LogP contribution in [-0.4, -0.2) is 47.2 Å². The van der Waals surface area contributed by atoms with Crippen LogP contribution in [0.15, 0.2) is 17.2 Å². The largest absolute Gasteiger partial charge is 0.480 e. The molecule has 0 amide bonds. The van der Waals surface area contributed by atoms with Crippen molar-refractivity contribution in [3.05, 3.63) is 22.4 Å². The number of anilines is 1. The molecule has 0 spiro atoms. The Hall–Kier alpha value is -2.31. The Kier molecular flexibility index (Phi) is 4.54. The predicted molar refractivity (Wildman–Crippen MR) is 64.1 cm³/mol. The number of pyridine rings is 1.